The summed E-state index contributed by atoms with van der Waals surface area (Å²) in [5, 5.41) is 26.8. The van der Waals surface area contributed by atoms with Crippen LogP contribution in [-0.2, 0) is 18.4 Å². The molecule has 1 atom stereocenters. The SMILES string of the molecule is COc1ccc2c(c1)n(C)c(=O)n2CCCC(C)(C)NCC(O)c1cc(O)cc2c1OCC(=O)N2. The molecule has 4 rings (SSSR count). The standard InChI is InChI=1S/C25H32N4O6/c1-25(2,8-5-9-29-19-7-6-16(34-4)12-20(19)28(3)24(29)33)26-13-21(31)17-10-15(30)11-18-23(17)35-14-22(32)27-18/h6-7,10-12,21,26,30-31H,5,8-9,13-14H2,1-4H3,(H,27,32). The number of imidazole rings is 1. The summed E-state index contributed by atoms with van der Waals surface area (Å²) < 4.78 is 14.2. The van der Waals surface area contributed by atoms with Gasteiger partial charge in [0.25, 0.3) is 5.91 Å². The Hall–Kier alpha value is -3.50. The number of fused-ring (bicyclic) bond motifs is 2. The number of carbonyl (C=O) groups excluding carboxylic acids is 1. The van der Waals surface area contributed by atoms with Crippen LogP contribution in [-0.4, -0.2) is 51.1 Å². The summed E-state index contributed by atoms with van der Waals surface area (Å²) in [5.41, 5.74) is 2.02. The van der Waals surface area contributed by atoms with Gasteiger partial charge in [-0.3, -0.25) is 13.9 Å². The van der Waals surface area contributed by atoms with Gasteiger partial charge in [0.2, 0.25) is 0 Å². The number of methoxy groups -OCH3 is 1. The summed E-state index contributed by atoms with van der Waals surface area (Å²) in [5.74, 6) is 0.685. The second-order valence-corrected chi connectivity index (χ2v) is 9.48. The summed E-state index contributed by atoms with van der Waals surface area (Å²) in [4.78, 5) is 24.3. The number of aromatic nitrogens is 2. The number of aromatic hydroxyl groups is 1. The maximum absolute atomic E-state index is 12.8. The number of β-amino-alcohol motifs (C(OH)–C–C–N with tert-alkyl or cyclic N) is 1. The molecule has 1 aliphatic rings. The third kappa shape index (κ3) is 5.13. The third-order valence-electron chi connectivity index (χ3n) is 6.39. The molecule has 3 aromatic rings. The van der Waals surface area contributed by atoms with Gasteiger partial charge in [-0.15, -0.1) is 0 Å². The van der Waals surface area contributed by atoms with E-state index in [4.69, 9.17) is 9.47 Å². The number of benzene rings is 2. The molecule has 2 heterocycles. The first-order valence-corrected chi connectivity index (χ1v) is 11.6. The van der Waals surface area contributed by atoms with Crippen LogP contribution in [0.15, 0.2) is 35.1 Å². The number of carbonyl (C=O) groups is 1. The molecule has 188 valence electrons. The minimum Gasteiger partial charge on any atom is -0.508 e. The Morgan fingerprint density at radius 3 is 2.74 bits per heavy atom. The number of nitrogens with one attached hydrogen (secondary N) is 2. The number of anilines is 1. The molecule has 1 unspecified atom stereocenters. The lowest BCUT2D eigenvalue weighted by Gasteiger charge is -2.29. The van der Waals surface area contributed by atoms with Crippen molar-refractivity contribution in [3.8, 4) is 17.2 Å². The fraction of sp³-hybridized carbons (Fsp3) is 0.440. The number of phenolic OH excluding ortho intramolecular Hbond substituents is 1. The first-order chi connectivity index (χ1) is 16.6. The minimum atomic E-state index is -0.958. The maximum Gasteiger partial charge on any atom is 0.328 e. The zero-order valence-corrected chi connectivity index (χ0v) is 20.4. The van der Waals surface area contributed by atoms with Gasteiger partial charge in [-0.2, -0.15) is 0 Å². The summed E-state index contributed by atoms with van der Waals surface area (Å²) in [6.45, 7) is 4.70. The van der Waals surface area contributed by atoms with Crippen LogP contribution in [0.4, 0.5) is 5.69 Å². The number of phenols is 1. The number of hydrogen-bond donors (Lipinski definition) is 4. The monoisotopic (exact) mass is 484 g/mol. The normalized spacial score (nSPS) is 14.4. The molecule has 0 spiro atoms. The third-order valence-corrected chi connectivity index (χ3v) is 6.39. The zero-order chi connectivity index (χ0) is 25.3. The molecule has 4 N–H and O–H groups in total. The second kappa shape index (κ2) is 9.63. The Labute approximate surface area is 203 Å². The molecule has 1 aromatic heterocycles. The molecule has 35 heavy (non-hydrogen) atoms. The van der Waals surface area contributed by atoms with Gasteiger partial charge in [-0.05, 0) is 44.9 Å². The van der Waals surface area contributed by atoms with Gasteiger partial charge in [-0.1, -0.05) is 0 Å². The van der Waals surface area contributed by atoms with Crippen LogP contribution in [0.2, 0.25) is 0 Å². The lowest BCUT2D eigenvalue weighted by Crippen LogP contribution is -2.42. The molecule has 2 aromatic carbocycles. The van der Waals surface area contributed by atoms with E-state index in [2.05, 4.69) is 10.6 Å². The van der Waals surface area contributed by atoms with Crippen LogP contribution in [0.25, 0.3) is 11.0 Å². The highest BCUT2D eigenvalue weighted by atomic mass is 16.5. The topological polar surface area (TPSA) is 127 Å². The molecular weight excluding hydrogens is 452 g/mol. The summed E-state index contributed by atoms with van der Waals surface area (Å²) >= 11 is 0. The Bertz CT molecular complexity index is 1310. The van der Waals surface area contributed by atoms with E-state index in [0.29, 0.717) is 29.3 Å². The van der Waals surface area contributed by atoms with E-state index in [0.717, 1.165) is 23.9 Å². The van der Waals surface area contributed by atoms with Crippen molar-refractivity contribution in [3.05, 3.63) is 46.4 Å². The Balaban J connectivity index is 1.39. The highest BCUT2D eigenvalue weighted by Gasteiger charge is 2.26. The number of aliphatic hydroxyl groups excluding tert-OH is 1. The molecule has 1 aliphatic heterocycles. The van der Waals surface area contributed by atoms with E-state index >= 15 is 0 Å². The van der Waals surface area contributed by atoms with E-state index in [1.807, 2.05) is 32.0 Å². The van der Waals surface area contributed by atoms with Crippen LogP contribution >= 0.6 is 0 Å². The van der Waals surface area contributed by atoms with Crippen molar-refractivity contribution in [2.24, 2.45) is 7.05 Å². The van der Waals surface area contributed by atoms with Gasteiger partial charge in [0, 0.05) is 43.4 Å². The average Bonchev–Trinajstić information content (AvgIpc) is 3.06. The zero-order valence-electron chi connectivity index (χ0n) is 20.4. The quantitative estimate of drug-likeness (QED) is 0.367. The number of hydrogen-bond acceptors (Lipinski definition) is 7. The predicted molar refractivity (Wildman–Crippen MR) is 132 cm³/mol. The Morgan fingerprint density at radius 2 is 2.00 bits per heavy atom. The van der Waals surface area contributed by atoms with E-state index in [1.54, 1.807) is 23.3 Å². The van der Waals surface area contributed by atoms with Crippen LogP contribution in [0, 0.1) is 0 Å². The van der Waals surface area contributed by atoms with Gasteiger partial charge in [0.05, 0.1) is 29.9 Å². The number of aliphatic hydroxyl groups is 1. The molecule has 1 amide bonds. The van der Waals surface area contributed by atoms with Gasteiger partial charge in [-0.25, -0.2) is 4.79 Å². The molecule has 10 nitrogen and oxygen atoms in total. The number of aryl methyl sites for hydroxylation is 2. The largest absolute Gasteiger partial charge is 0.508 e. The molecule has 0 saturated carbocycles. The van der Waals surface area contributed by atoms with Gasteiger partial charge < -0.3 is 30.3 Å². The molecule has 0 saturated heterocycles. The minimum absolute atomic E-state index is 0.0685. The second-order valence-electron chi connectivity index (χ2n) is 9.48. The predicted octanol–water partition coefficient (Wildman–Crippen LogP) is 2.27. The molecule has 0 fully saturated rings. The van der Waals surface area contributed by atoms with Crippen molar-refractivity contribution in [3.63, 3.8) is 0 Å². The van der Waals surface area contributed by atoms with Gasteiger partial charge in [0.15, 0.2) is 6.61 Å². The lowest BCUT2D eigenvalue weighted by atomic mass is 9.97. The summed E-state index contributed by atoms with van der Waals surface area (Å²) in [6.07, 6.45) is 0.544. The summed E-state index contributed by atoms with van der Waals surface area (Å²) in [6, 6.07) is 8.44. The average molecular weight is 485 g/mol. The number of amides is 1. The first-order valence-electron chi connectivity index (χ1n) is 11.6. The van der Waals surface area contributed by atoms with Crippen molar-refractivity contribution < 1.29 is 24.5 Å². The maximum atomic E-state index is 12.8. The molecule has 0 bridgehead atoms. The van der Waals surface area contributed by atoms with Crippen molar-refractivity contribution in [1.82, 2.24) is 14.5 Å². The fourth-order valence-corrected chi connectivity index (χ4v) is 4.44. The Morgan fingerprint density at radius 1 is 1.23 bits per heavy atom. The highest BCUT2D eigenvalue weighted by molar-refractivity contribution is 5.96. The smallest absolute Gasteiger partial charge is 0.328 e. The summed E-state index contributed by atoms with van der Waals surface area (Å²) in [7, 11) is 3.35. The molecular formula is C25H32N4O6. The van der Waals surface area contributed by atoms with E-state index in [1.165, 1.54) is 12.1 Å². The molecule has 10 heteroatoms. The number of ether oxygens (including phenoxy) is 2. The highest BCUT2D eigenvalue weighted by Crippen LogP contribution is 2.38. The molecule has 0 radical (unpaired) electrons. The fourth-order valence-electron chi connectivity index (χ4n) is 4.44. The number of nitrogens with zero attached hydrogens (tertiary/aromatic N) is 2. The van der Waals surface area contributed by atoms with Crippen molar-refractivity contribution >= 4 is 22.6 Å². The van der Waals surface area contributed by atoms with E-state index in [9.17, 15) is 19.8 Å². The first kappa shape index (κ1) is 24.6. The lowest BCUT2D eigenvalue weighted by molar-refractivity contribution is -0.118. The van der Waals surface area contributed by atoms with Gasteiger partial charge >= 0.3 is 5.69 Å². The van der Waals surface area contributed by atoms with Crippen LogP contribution in [0.5, 0.6) is 17.2 Å². The number of rotatable bonds is 9. The van der Waals surface area contributed by atoms with Gasteiger partial charge in [0.1, 0.15) is 17.2 Å². The van der Waals surface area contributed by atoms with Crippen LogP contribution in [0.1, 0.15) is 38.4 Å². The van der Waals surface area contributed by atoms with E-state index < -0.39 is 6.10 Å². The van der Waals surface area contributed by atoms with Crippen molar-refractivity contribution in [2.45, 2.75) is 44.9 Å². The Kier molecular flexibility index (Phi) is 6.77. The van der Waals surface area contributed by atoms with Crippen molar-refractivity contribution in [2.75, 3.05) is 25.6 Å². The molecule has 0 aliphatic carbocycles. The van der Waals surface area contributed by atoms with Crippen LogP contribution in [0.3, 0.4) is 0 Å². The van der Waals surface area contributed by atoms with Crippen LogP contribution < -0.4 is 25.8 Å². The van der Waals surface area contributed by atoms with E-state index in [-0.39, 0.29) is 36.0 Å². The van der Waals surface area contributed by atoms with Crippen molar-refractivity contribution in [1.29, 1.82) is 0 Å².